The minimum Gasteiger partial charge on any atom is -0.324 e. The molecule has 4 nitrogen and oxygen atoms in total. The van der Waals surface area contributed by atoms with Gasteiger partial charge in [0.1, 0.15) is 0 Å². The van der Waals surface area contributed by atoms with Crippen LogP contribution in [-0.2, 0) is 10.0 Å². The first-order chi connectivity index (χ1) is 9.08. The first kappa shape index (κ1) is 17.1. The van der Waals surface area contributed by atoms with Crippen molar-refractivity contribution in [3.63, 3.8) is 0 Å². The second kappa shape index (κ2) is 6.24. The van der Waals surface area contributed by atoms with Crippen LogP contribution in [-0.4, -0.2) is 26.3 Å². The summed E-state index contributed by atoms with van der Waals surface area (Å²) in [6, 6.07) is 6.81. The van der Waals surface area contributed by atoms with Crippen LogP contribution in [0.2, 0.25) is 0 Å². The molecule has 2 N–H and O–H groups in total. The number of rotatable bonds is 5. The lowest BCUT2D eigenvalue weighted by atomic mass is 9.97. The Morgan fingerprint density at radius 3 is 2.40 bits per heavy atom. The first-order valence-electron chi connectivity index (χ1n) is 6.90. The predicted octanol–water partition coefficient (Wildman–Crippen LogP) is 2.76. The van der Waals surface area contributed by atoms with E-state index >= 15 is 0 Å². The summed E-state index contributed by atoms with van der Waals surface area (Å²) in [5, 5.41) is 0. The summed E-state index contributed by atoms with van der Waals surface area (Å²) in [7, 11) is -1.84. The molecule has 1 rings (SSSR count). The van der Waals surface area contributed by atoms with Gasteiger partial charge in [-0.15, -0.1) is 0 Å². The fourth-order valence-corrected chi connectivity index (χ4v) is 3.53. The van der Waals surface area contributed by atoms with Gasteiger partial charge < -0.3 is 5.73 Å². The van der Waals surface area contributed by atoms with Crippen molar-refractivity contribution in [2.24, 2.45) is 11.1 Å². The van der Waals surface area contributed by atoms with E-state index < -0.39 is 10.0 Å². The Labute approximate surface area is 123 Å². The number of hydrogen-bond acceptors (Lipinski definition) is 3. The van der Waals surface area contributed by atoms with E-state index in [2.05, 4.69) is 0 Å². The molecule has 0 amide bonds. The molecule has 1 unspecified atom stereocenters. The van der Waals surface area contributed by atoms with E-state index in [0.717, 1.165) is 12.0 Å². The van der Waals surface area contributed by atoms with Crippen LogP contribution in [0.25, 0.3) is 0 Å². The van der Waals surface area contributed by atoms with Gasteiger partial charge in [-0.2, -0.15) is 0 Å². The van der Waals surface area contributed by atoms with E-state index in [0.29, 0.717) is 11.4 Å². The van der Waals surface area contributed by atoms with E-state index in [1.165, 1.54) is 4.31 Å². The number of sulfonamides is 1. The highest BCUT2D eigenvalue weighted by atomic mass is 32.2. The number of nitrogens with two attached hydrogens (primary N) is 1. The van der Waals surface area contributed by atoms with Crippen LogP contribution in [0.3, 0.4) is 0 Å². The Balaban J connectivity index is 3.10. The summed E-state index contributed by atoms with van der Waals surface area (Å²) in [5.74, 6) is 0. The average Bonchev–Trinajstić information content (AvgIpc) is 2.36. The van der Waals surface area contributed by atoms with Crippen LogP contribution in [0.4, 0.5) is 0 Å². The molecular weight excluding hydrogens is 272 g/mol. The second-order valence-electron chi connectivity index (χ2n) is 6.41. The molecule has 20 heavy (non-hydrogen) atoms. The molecule has 5 heteroatoms. The molecule has 0 aliphatic rings. The van der Waals surface area contributed by atoms with Crippen molar-refractivity contribution < 1.29 is 8.42 Å². The average molecular weight is 298 g/mol. The van der Waals surface area contributed by atoms with E-state index in [1.54, 1.807) is 25.2 Å². The third-order valence-corrected chi connectivity index (χ3v) is 4.93. The summed E-state index contributed by atoms with van der Waals surface area (Å²) < 4.78 is 26.5. The summed E-state index contributed by atoms with van der Waals surface area (Å²) in [5.41, 5.74) is 6.75. The van der Waals surface area contributed by atoms with Crippen molar-refractivity contribution in [1.82, 2.24) is 4.31 Å². The van der Waals surface area contributed by atoms with Crippen LogP contribution in [0.5, 0.6) is 0 Å². The topological polar surface area (TPSA) is 63.4 Å². The fourth-order valence-electron chi connectivity index (χ4n) is 2.07. The van der Waals surface area contributed by atoms with Gasteiger partial charge in [0.2, 0.25) is 10.0 Å². The number of nitrogens with zero attached hydrogens (tertiary/aromatic N) is 1. The Bertz CT molecular complexity index is 547. The summed E-state index contributed by atoms with van der Waals surface area (Å²) in [6.07, 6.45) is 0.779. The minimum absolute atomic E-state index is 0.0841. The molecule has 1 atom stereocenters. The fraction of sp³-hybridized carbons (Fsp3) is 0.600. The van der Waals surface area contributed by atoms with Crippen LogP contribution in [0, 0.1) is 5.41 Å². The highest BCUT2D eigenvalue weighted by Crippen LogP contribution is 2.23. The predicted molar refractivity (Wildman–Crippen MR) is 82.9 cm³/mol. The van der Waals surface area contributed by atoms with Gasteiger partial charge in [0.05, 0.1) is 4.90 Å². The molecule has 0 radical (unpaired) electrons. The molecule has 0 saturated carbocycles. The molecule has 0 aliphatic heterocycles. The largest absolute Gasteiger partial charge is 0.324 e. The maximum Gasteiger partial charge on any atom is 0.242 e. The number of hydrogen-bond donors (Lipinski definition) is 1. The molecule has 1 aromatic rings. The number of benzene rings is 1. The lowest BCUT2D eigenvalue weighted by Gasteiger charge is -2.26. The molecule has 0 aromatic heterocycles. The summed E-state index contributed by atoms with van der Waals surface area (Å²) in [6.45, 7) is 8.50. The quantitative estimate of drug-likeness (QED) is 0.909. The standard InChI is InChI=1S/C15H26N2O2S/c1-6-14(16)12-8-7-9-13(10-12)20(18,19)17(5)11-15(2,3)4/h7-10,14H,6,11,16H2,1-5H3. The van der Waals surface area contributed by atoms with Gasteiger partial charge in [-0.3, -0.25) is 0 Å². The van der Waals surface area contributed by atoms with Gasteiger partial charge in [0, 0.05) is 19.6 Å². The Hall–Kier alpha value is -0.910. The van der Waals surface area contributed by atoms with Crippen molar-refractivity contribution in [1.29, 1.82) is 0 Å². The van der Waals surface area contributed by atoms with Gasteiger partial charge in [-0.25, -0.2) is 12.7 Å². The molecule has 1 aromatic carbocycles. The molecular formula is C15H26N2O2S. The summed E-state index contributed by atoms with van der Waals surface area (Å²) >= 11 is 0. The van der Waals surface area contributed by atoms with E-state index in [-0.39, 0.29) is 11.5 Å². The van der Waals surface area contributed by atoms with Crippen molar-refractivity contribution in [2.75, 3.05) is 13.6 Å². The minimum atomic E-state index is -3.46. The van der Waals surface area contributed by atoms with Crippen LogP contribution >= 0.6 is 0 Å². The van der Waals surface area contributed by atoms with Crippen molar-refractivity contribution >= 4 is 10.0 Å². The van der Waals surface area contributed by atoms with Crippen LogP contribution in [0.15, 0.2) is 29.2 Å². The monoisotopic (exact) mass is 298 g/mol. The van der Waals surface area contributed by atoms with Gasteiger partial charge in [-0.05, 0) is 29.5 Å². The molecule has 0 saturated heterocycles. The van der Waals surface area contributed by atoms with Crippen molar-refractivity contribution in [3.05, 3.63) is 29.8 Å². The summed E-state index contributed by atoms with van der Waals surface area (Å²) in [4.78, 5) is 0.311. The SMILES string of the molecule is CCC(N)c1cccc(S(=O)(=O)N(C)CC(C)(C)C)c1. The second-order valence-corrected chi connectivity index (χ2v) is 8.45. The molecule has 0 bridgehead atoms. The smallest absolute Gasteiger partial charge is 0.242 e. The maximum atomic E-state index is 12.6. The zero-order chi connectivity index (χ0) is 15.6. The third kappa shape index (κ3) is 4.30. The third-order valence-electron chi connectivity index (χ3n) is 3.13. The molecule has 114 valence electrons. The molecule has 0 heterocycles. The zero-order valence-corrected chi connectivity index (χ0v) is 13.9. The molecule has 0 spiro atoms. The Kier molecular flexibility index (Phi) is 5.35. The Morgan fingerprint density at radius 2 is 1.90 bits per heavy atom. The van der Waals surface area contributed by atoms with Gasteiger partial charge in [0.25, 0.3) is 0 Å². The van der Waals surface area contributed by atoms with E-state index in [1.807, 2.05) is 33.8 Å². The van der Waals surface area contributed by atoms with Gasteiger partial charge in [0.15, 0.2) is 0 Å². The molecule has 0 aliphatic carbocycles. The maximum absolute atomic E-state index is 12.6. The molecule has 0 fully saturated rings. The highest BCUT2D eigenvalue weighted by molar-refractivity contribution is 7.89. The zero-order valence-electron chi connectivity index (χ0n) is 13.1. The van der Waals surface area contributed by atoms with Gasteiger partial charge in [-0.1, -0.05) is 39.8 Å². The van der Waals surface area contributed by atoms with Crippen molar-refractivity contribution in [2.45, 2.75) is 45.1 Å². The highest BCUT2D eigenvalue weighted by Gasteiger charge is 2.25. The van der Waals surface area contributed by atoms with E-state index in [4.69, 9.17) is 5.73 Å². The van der Waals surface area contributed by atoms with Crippen molar-refractivity contribution in [3.8, 4) is 0 Å². The normalized spacial score (nSPS) is 14.6. The lowest BCUT2D eigenvalue weighted by Crippen LogP contribution is -2.34. The van der Waals surface area contributed by atoms with Gasteiger partial charge >= 0.3 is 0 Å². The van der Waals surface area contributed by atoms with Crippen LogP contribution in [0.1, 0.15) is 45.7 Å². The lowest BCUT2D eigenvalue weighted by molar-refractivity contribution is 0.311. The van der Waals surface area contributed by atoms with E-state index in [9.17, 15) is 8.42 Å². The van der Waals surface area contributed by atoms with Crippen LogP contribution < -0.4 is 5.73 Å². The first-order valence-corrected chi connectivity index (χ1v) is 8.34. The Morgan fingerprint density at radius 1 is 1.30 bits per heavy atom.